The maximum Gasteiger partial charge on any atom is 0.203 e. The van der Waals surface area contributed by atoms with Crippen molar-refractivity contribution in [1.82, 2.24) is 5.32 Å². The van der Waals surface area contributed by atoms with Crippen LogP contribution in [-0.4, -0.2) is 27.9 Å². The molecular formula is C14H20N2O3. The zero-order valence-corrected chi connectivity index (χ0v) is 11.8. The lowest BCUT2D eigenvalue weighted by Gasteiger charge is -2.19. The highest BCUT2D eigenvalue weighted by molar-refractivity contribution is 5.57. The Morgan fingerprint density at radius 2 is 1.84 bits per heavy atom. The van der Waals surface area contributed by atoms with Gasteiger partial charge in [0.15, 0.2) is 11.5 Å². The van der Waals surface area contributed by atoms with Gasteiger partial charge in [-0.15, -0.1) is 0 Å². The fourth-order valence-corrected chi connectivity index (χ4v) is 1.87. The van der Waals surface area contributed by atoms with Crippen molar-refractivity contribution in [3.63, 3.8) is 0 Å². The molecule has 104 valence electrons. The first-order chi connectivity index (χ1) is 9.23. The van der Waals surface area contributed by atoms with Crippen LogP contribution in [0.4, 0.5) is 0 Å². The van der Waals surface area contributed by atoms with Crippen LogP contribution < -0.4 is 19.5 Å². The summed E-state index contributed by atoms with van der Waals surface area (Å²) in [4.78, 5) is 0. The first-order valence-corrected chi connectivity index (χ1v) is 6.15. The molecule has 0 saturated heterocycles. The van der Waals surface area contributed by atoms with Crippen LogP contribution in [0.5, 0.6) is 17.2 Å². The lowest BCUT2D eigenvalue weighted by molar-refractivity contribution is 0.320. The molecule has 0 aromatic heterocycles. The first kappa shape index (κ1) is 15.1. The van der Waals surface area contributed by atoms with E-state index in [1.807, 2.05) is 13.0 Å². The Balaban J connectivity index is 3.23. The average molecular weight is 264 g/mol. The predicted molar refractivity (Wildman–Crippen MR) is 72.7 cm³/mol. The van der Waals surface area contributed by atoms with Gasteiger partial charge in [-0.3, -0.25) is 5.32 Å². The summed E-state index contributed by atoms with van der Waals surface area (Å²) in [6.07, 6.45) is 0.952. The van der Waals surface area contributed by atoms with Gasteiger partial charge in [-0.1, -0.05) is 6.92 Å². The van der Waals surface area contributed by atoms with E-state index in [4.69, 9.17) is 14.2 Å². The number of nitrogens with zero attached hydrogens (tertiary/aromatic N) is 1. The van der Waals surface area contributed by atoms with E-state index in [1.54, 1.807) is 27.4 Å². The van der Waals surface area contributed by atoms with E-state index in [2.05, 4.69) is 11.4 Å². The predicted octanol–water partition coefficient (Wildman–Crippen LogP) is 2.28. The molecule has 1 unspecified atom stereocenters. The van der Waals surface area contributed by atoms with Crippen LogP contribution in [0.15, 0.2) is 12.1 Å². The molecule has 0 spiro atoms. The van der Waals surface area contributed by atoms with Gasteiger partial charge >= 0.3 is 0 Å². The van der Waals surface area contributed by atoms with E-state index < -0.39 is 6.04 Å². The smallest absolute Gasteiger partial charge is 0.203 e. The highest BCUT2D eigenvalue weighted by Crippen LogP contribution is 2.41. The Labute approximate surface area is 114 Å². The zero-order valence-electron chi connectivity index (χ0n) is 11.8. The minimum absolute atomic E-state index is 0.435. The fourth-order valence-electron chi connectivity index (χ4n) is 1.87. The van der Waals surface area contributed by atoms with Crippen molar-refractivity contribution in [3.8, 4) is 23.3 Å². The van der Waals surface area contributed by atoms with E-state index >= 15 is 0 Å². The highest BCUT2D eigenvalue weighted by Gasteiger charge is 2.21. The number of ether oxygens (including phenoxy) is 3. The minimum atomic E-state index is -0.435. The van der Waals surface area contributed by atoms with E-state index in [9.17, 15) is 5.26 Å². The van der Waals surface area contributed by atoms with Crippen molar-refractivity contribution in [1.29, 1.82) is 5.26 Å². The number of hydrogen-bond acceptors (Lipinski definition) is 5. The van der Waals surface area contributed by atoms with Crippen molar-refractivity contribution in [2.75, 3.05) is 27.9 Å². The number of hydrogen-bond donors (Lipinski definition) is 1. The summed E-state index contributed by atoms with van der Waals surface area (Å²) in [5.74, 6) is 1.60. The molecule has 0 amide bonds. The lowest BCUT2D eigenvalue weighted by atomic mass is 10.1. The average Bonchev–Trinajstić information content (AvgIpc) is 2.46. The Bertz CT molecular complexity index is 455. The Kier molecular flexibility index (Phi) is 5.97. The standard InChI is InChI=1S/C14H20N2O3/c1-5-8-16-11(9-15)10-6-7-12(17-2)14(19-4)13(10)18-3/h6-7,11,16H,5,8H2,1-4H3. The summed E-state index contributed by atoms with van der Waals surface area (Å²) in [7, 11) is 4.66. The molecule has 0 bridgehead atoms. The molecule has 5 nitrogen and oxygen atoms in total. The van der Waals surface area contributed by atoms with Crippen molar-refractivity contribution in [2.24, 2.45) is 0 Å². The maximum absolute atomic E-state index is 9.28. The molecule has 0 radical (unpaired) electrons. The Hall–Kier alpha value is -1.93. The normalized spacial score (nSPS) is 11.5. The number of nitrogens with one attached hydrogen (secondary N) is 1. The monoisotopic (exact) mass is 264 g/mol. The molecule has 0 fully saturated rings. The molecule has 0 saturated carbocycles. The van der Waals surface area contributed by atoms with Crippen molar-refractivity contribution in [2.45, 2.75) is 19.4 Å². The number of benzene rings is 1. The van der Waals surface area contributed by atoms with Gasteiger partial charge in [0.25, 0.3) is 0 Å². The molecule has 1 N–H and O–H groups in total. The van der Waals surface area contributed by atoms with Crippen molar-refractivity contribution < 1.29 is 14.2 Å². The van der Waals surface area contributed by atoms with Crippen LogP contribution in [0.25, 0.3) is 0 Å². The van der Waals surface area contributed by atoms with E-state index in [0.29, 0.717) is 17.2 Å². The fraction of sp³-hybridized carbons (Fsp3) is 0.500. The molecule has 0 aliphatic rings. The summed E-state index contributed by atoms with van der Waals surface area (Å²) in [5.41, 5.74) is 0.746. The molecular weight excluding hydrogens is 244 g/mol. The van der Waals surface area contributed by atoms with Crippen LogP contribution in [0, 0.1) is 11.3 Å². The zero-order chi connectivity index (χ0) is 14.3. The third kappa shape index (κ3) is 3.30. The van der Waals surface area contributed by atoms with E-state index in [0.717, 1.165) is 18.5 Å². The van der Waals surface area contributed by atoms with Crippen LogP contribution in [-0.2, 0) is 0 Å². The van der Waals surface area contributed by atoms with Gasteiger partial charge in [0.1, 0.15) is 6.04 Å². The summed E-state index contributed by atoms with van der Waals surface area (Å²) in [6.45, 7) is 2.81. The molecule has 0 aliphatic carbocycles. The SMILES string of the molecule is CCCNC(C#N)c1ccc(OC)c(OC)c1OC. The highest BCUT2D eigenvalue weighted by atomic mass is 16.5. The van der Waals surface area contributed by atoms with Crippen LogP contribution in [0.1, 0.15) is 24.9 Å². The third-order valence-corrected chi connectivity index (χ3v) is 2.77. The molecule has 1 aromatic rings. The Morgan fingerprint density at radius 1 is 1.16 bits per heavy atom. The van der Waals surface area contributed by atoms with Crippen LogP contribution in [0.3, 0.4) is 0 Å². The number of nitriles is 1. The largest absolute Gasteiger partial charge is 0.493 e. The molecule has 19 heavy (non-hydrogen) atoms. The molecule has 5 heteroatoms. The summed E-state index contributed by atoms with van der Waals surface area (Å²) in [6, 6.07) is 5.38. The summed E-state index contributed by atoms with van der Waals surface area (Å²) < 4.78 is 15.9. The van der Waals surface area contributed by atoms with Gasteiger partial charge in [0.05, 0.1) is 27.4 Å². The van der Waals surface area contributed by atoms with Gasteiger partial charge in [-0.05, 0) is 25.1 Å². The minimum Gasteiger partial charge on any atom is -0.493 e. The van der Waals surface area contributed by atoms with Crippen LogP contribution in [0.2, 0.25) is 0 Å². The summed E-state index contributed by atoms with van der Waals surface area (Å²) >= 11 is 0. The molecule has 0 heterocycles. The molecule has 1 atom stereocenters. The van der Waals surface area contributed by atoms with Gasteiger partial charge in [-0.2, -0.15) is 5.26 Å². The second-order valence-corrected chi connectivity index (χ2v) is 3.94. The quantitative estimate of drug-likeness (QED) is 0.818. The summed E-state index contributed by atoms with van der Waals surface area (Å²) in [5, 5.41) is 12.4. The number of methoxy groups -OCH3 is 3. The Morgan fingerprint density at radius 3 is 2.32 bits per heavy atom. The van der Waals surface area contributed by atoms with E-state index in [-0.39, 0.29) is 0 Å². The topological polar surface area (TPSA) is 63.5 Å². The van der Waals surface area contributed by atoms with Crippen molar-refractivity contribution >= 4 is 0 Å². The molecule has 0 aliphatic heterocycles. The second-order valence-electron chi connectivity index (χ2n) is 3.94. The third-order valence-electron chi connectivity index (χ3n) is 2.77. The first-order valence-electron chi connectivity index (χ1n) is 6.15. The van der Waals surface area contributed by atoms with Gasteiger partial charge in [0.2, 0.25) is 5.75 Å². The number of rotatable bonds is 7. The lowest BCUT2D eigenvalue weighted by Crippen LogP contribution is -2.21. The van der Waals surface area contributed by atoms with Gasteiger partial charge < -0.3 is 14.2 Å². The van der Waals surface area contributed by atoms with Crippen molar-refractivity contribution in [3.05, 3.63) is 17.7 Å². The van der Waals surface area contributed by atoms with Gasteiger partial charge in [-0.25, -0.2) is 0 Å². The molecule has 1 rings (SSSR count). The van der Waals surface area contributed by atoms with Gasteiger partial charge in [0, 0.05) is 5.56 Å². The maximum atomic E-state index is 9.28. The van der Waals surface area contributed by atoms with E-state index in [1.165, 1.54) is 0 Å². The molecule has 1 aromatic carbocycles. The second kappa shape index (κ2) is 7.49. The van der Waals surface area contributed by atoms with Crippen LogP contribution >= 0.6 is 0 Å².